The number of nitriles is 1. The van der Waals surface area contributed by atoms with Crippen LogP contribution in [-0.2, 0) is 4.74 Å². The maximum atomic E-state index is 8.91. The number of ether oxygens (including phenoxy) is 1. The van der Waals surface area contributed by atoms with Gasteiger partial charge in [0, 0.05) is 7.11 Å². The van der Waals surface area contributed by atoms with E-state index in [1.54, 1.807) is 13.2 Å². The Bertz CT molecular complexity index is 355. The normalized spacial score (nSPS) is 12.1. The molecule has 0 aliphatic carbocycles. The molecular formula is C11H14N2O. The molecule has 0 aliphatic heterocycles. The molecule has 0 fully saturated rings. The van der Waals surface area contributed by atoms with Crippen LogP contribution in [0.15, 0.2) is 18.2 Å². The van der Waals surface area contributed by atoms with E-state index in [0.29, 0.717) is 12.2 Å². The Morgan fingerprint density at radius 3 is 2.86 bits per heavy atom. The first-order valence-corrected chi connectivity index (χ1v) is 4.44. The minimum Gasteiger partial charge on any atom is -0.383 e. The molecule has 1 aromatic carbocycles. The molecule has 0 amide bonds. The number of hydrogen-bond acceptors (Lipinski definition) is 3. The summed E-state index contributed by atoms with van der Waals surface area (Å²) in [5.74, 6) is 0. The average molecular weight is 190 g/mol. The zero-order valence-corrected chi connectivity index (χ0v) is 8.45. The monoisotopic (exact) mass is 190 g/mol. The fourth-order valence-corrected chi connectivity index (χ4v) is 1.53. The number of rotatable bonds is 3. The average Bonchev–Trinajstić information content (AvgIpc) is 2.17. The van der Waals surface area contributed by atoms with Crippen molar-refractivity contribution in [1.82, 2.24) is 0 Å². The summed E-state index contributed by atoms with van der Waals surface area (Å²) in [7, 11) is 1.60. The third-order valence-corrected chi connectivity index (χ3v) is 2.16. The van der Waals surface area contributed by atoms with Crippen molar-refractivity contribution in [2.75, 3.05) is 13.7 Å². The maximum Gasteiger partial charge on any atom is 0.0995 e. The second-order valence-electron chi connectivity index (χ2n) is 3.21. The minimum absolute atomic E-state index is 0.226. The summed E-state index contributed by atoms with van der Waals surface area (Å²) in [4.78, 5) is 0. The van der Waals surface area contributed by atoms with Crippen molar-refractivity contribution in [3.05, 3.63) is 34.9 Å². The number of aryl methyl sites for hydroxylation is 1. The molecule has 3 heteroatoms. The molecule has 0 radical (unpaired) electrons. The largest absolute Gasteiger partial charge is 0.383 e. The van der Waals surface area contributed by atoms with E-state index in [1.165, 1.54) is 0 Å². The predicted molar refractivity (Wildman–Crippen MR) is 54.7 cm³/mol. The van der Waals surface area contributed by atoms with Crippen LogP contribution in [0.3, 0.4) is 0 Å². The zero-order chi connectivity index (χ0) is 10.6. The summed E-state index contributed by atoms with van der Waals surface area (Å²) >= 11 is 0. The lowest BCUT2D eigenvalue weighted by molar-refractivity contribution is 0.180. The van der Waals surface area contributed by atoms with Crippen LogP contribution in [0.5, 0.6) is 0 Å². The first-order chi connectivity index (χ1) is 6.70. The van der Waals surface area contributed by atoms with E-state index in [2.05, 4.69) is 6.07 Å². The van der Waals surface area contributed by atoms with Crippen molar-refractivity contribution in [3.8, 4) is 6.07 Å². The van der Waals surface area contributed by atoms with E-state index in [-0.39, 0.29) is 6.04 Å². The van der Waals surface area contributed by atoms with Crippen molar-refractivity contribution in [2.24, 2.45) is 5.73 Å². The van der Waals surface area contributed by atoms with Crippen molar-refractivity contribution < 1.29 is 4.74 Å². The minimum atomic E-state index is -0.226. The second kappa shape index (κ2) is 4.75. The molecule has 0 saturated carbocycles. The van der Waals surface area contributed by atoms with Crippen LogP contribution in [0.1, 0.15) is 22.7 Å². The number of methoxy groups -OCH3 is 1. The molecule has 0 aromatic heterocycles. The van der Waals surface area contributed by atoms with Crippen molar-refractivity contribution in [1.29, 1.82) is 5.26 Å². The van der Waals surface area contributed by atoms with Gasteiger partial charge in [-0.25, -0.2) is 0 Å². The summed E-state index contributed by atoms with van der Waals surface area (Å²) in [5, 5.41) is 8.91. The van der Waals surface area contributed by atoms with Gasteiger partial charge in [0.1, 0.15) is 0 Å². The summed E-state index contributed by atoms with van der Waals surface area (Å²) in [6.45, 7) is 2.38. The lowest BCUT2D eigenvalue weighted by Gasteiger charge is -2.14. The molecule has 0 heterocycles. The van der Waals surface area contributed by atoms with Gasteiger partial charge in [-0.3, -0.25) is 0 Å². The molecular weight excluding hydrogens is 176 g/mol. The maximum absolute atomic E-state index is 8.91. The van der Waals surface area contributed by atoms with Crippen LogP contribution in [-0.4, -0.2) is 13.7 Å². The molecule has 74 valence electrons. The fraction of sp³-hybridized carbons (Fsp3) is 0.364. The third-order valence-electron chi connectivity index (χ3n) is 2.16. The second-order valence-corrected chi connectivity index (χ2v) is 3.21. The molecule has 1 atom stereocenters. The molecule has 1 aromatic rings. The first kappa shape index (κ1) is 10.7. The number of benzene rings is 1. The quantitative estimate of drug-likeness (QED) is 0.786. The summed E-state index contributed by atoms with van der Waals surface area (Å²) < 4.78 is 4.98. The Balaban J connectivity index is 3.11. The molecule has 0 spiro atoms. The third kappa shape index (κ3) is 2.11. The van der Waals surface area contributed by atoms with Gasteiger partial charge in [-0.2, -0.15) is 5.26 Å². The number of hydrogen-bond donors (Lipinski definition) is 1. The highest BCUT2D eigenvalue weighted by Crippen LogP contribution is 2.20. The van der Waals surface area contributed by atoms with Crippen molar-refractivity contribution >= 4 is 0 Å². The van der Waals surface area contributed by atoms with Crippen LogP contribution >= 0.6 is 0 Å². The summed E-state index contributed by atoms with van der Waals surface area (Å²) in [6.07, 6.45) is 0. The van der Waals surface area contributed by atoms with Gasteiger partial charge < -0.3 is 10.5 Å². The smallest absolute Gasteiger partial charge is 0.0995 e. The molecule has 1 unspecified atom stereocenters. The lowest BCUT2D eigenvalue weighted by Crippen LogP contribution is -2.18. The summed E-state index contributed by atoms with van der Waals surface area (Å²) in [5.41, 5.74) is 8.46. The highest BCUT2D eigenvalue weighted by molar-refractivity contribution is 5.44. The molecule has 0 aliphatic rings. The van der Waals surface area contributed by atoms with E-state index >= 15 is 0 Å². The predicted octanol–water partition coefficient (Wildman–Crippen LogP) is 1.51. The highest BCUT2D eigenvalue weighted by Gasteiger charge is 2.12. The van der Waals surface area contributed by atoms with Gasteiger partial charge in [0.05, 0.1) is 24.3 Å². The summed E-state index contributed by atoms with van der Waals surface area (Å²) in [6, 6.07) is 7.50. The Hall–Kier alpha value is -1.37. The van der Waals surface area contributed by atoms with Crippen LogP contribution < -0.4 is 5.73 Å². The van der Waals surface area contributed by atoms with Gasteiger partial charge >= 0.3 is 0 Å². The van der Waals surface area contributed by atoms with Gasteiger partial charge in [0.25, 0.3) is 0 Å². The number of nitrogens with two attached hydrogens (primary N) is 1. The lowest BCUT2D eigenvalue weighted by atomic mass is 9.97. The van der Waals surface area contributed by atoms with Gasteiger partial charge in [-0.05, 0) is 24.1 Å². The Morgan fingerprint density at radius 1 is 1.57 bits per heavy atom. The molecule has 14 heavy (non-hydrogen) atoms. The SMILES string of the molecule is COCC(N)c1c(C)cccc1C#N. The van der Waals surface area contributed by atoms with Gasteiger partial charge in [-0.15, -0.1) is 0 Å². The van der Waals surface area contributed by atoms with Gasteiger partial charge in [0.15, 0.2) is 0 Å². The fourth-order valence-electron chi connectivity index (χ4n) is 1.53. The van der Waals surface area contributed by atoms with Crippen LogP contribution in [0.4, 0.5) is 0 Å². The first-order valence-electron chi connectivity index (χ1n) is 4.44. The highest BCUT2D eigenvalue weighted by atomic mass is 16.5. The van der Waals surface area contributed by atoms with Crippen LogP contribution in [0.25, 0.3) is 0 Å². The Labute approximate surface area is 84.1 Å². The van der Waals surface area contributed by atoms with E-state index in [1.807, 2.05) is 19.1 Å². The van der Waals surface area contributed by atoms with Gasteiger partial charge in [0.2, 0.25) is 0 Å². The zero-order valence-electron chi connectivity index (χ0n) is 8.45. The Morgan fingerprint density at radius 2 is 2.29 bits per heavy atom. The van der Waals surface area contributed by atoms with Crippen molar-refractivity contribution in [2.45, 2.75) is 13.0 Å². The molecule has 0 saturated heterocycles. The van der Waals surface area contributed by atoms with E-state index < -0.39 is 0 Å². The number of nitrogens with zero attached hydrogens (tertiary/aromatic N) is 1. The molecule has 2 N–H and O–H groups in total. The molecule has 3 nitrogen and oxygen atoms in total. The van der Waals surface area contributed by atoms with Crippen LogP contribution in [0.2, 0.25) is 0 Å². The van der Waals surface area contributed by atoms with E-state index in [0.717, 1.165) is 11.1 Å². The van der Waals surface area contributed by atoms with Gasteiger partial charge in [-0.1, -0.05) is 12.1 Å². The van der Waals surface area contributed by atoms with E-state index in [4.69, 9.17) is 15.7 Å². The topological polar surface area (TPSA) is 59.0 Å². The van der Waals surface area contributed by atoms with Crippen LogP contribution in [0, 0.1) is 18.3 Å². The standard InChI is InChI=1S/C11H14N2O/c1-8-4-3-5-9(6-12)11(8)10(13)7-14-2/h3-5,10H,7,13H2,1-2H3. The molecule has 1 rings (SSSR count). The van der Waals surface area contributed by atoms with E-state index in [9.17, 15) is 0 Å². The molecule has 0 bridgehead atoms. The Kier molecular flexibility index (Phi) is 3.63. The van der Waals surface area contributed by atoms with Crippen molar-refractivity contribution in [3.63, 3.8) is 0 Å².